The van der Waals surface area contributed by atoms with Gasteiger partial charge in [-0.1, -0.05) is 6.07 Å². The van der Waals surface area contributed by atoms with Gasteiger partial charge < -0.3 is 15.4 Å². The third kappa shape index (κ3) is 2.57. The monoisotopic (exact) mass is 244 g/mol. The van der Waals surface area contributed by atoms with Crippen molar-refractivity contribution >= 4 is 11.6 Å². The van der Waals surface area contributed by atoms with Crippen LogP contribution in [0.1, 0.15) is 5.69 Å². The molecule has 0 bridgehead atoms. The van der Waals surface area contributed by atoms with Crippen LogP contribution in [0.4, 0.5) is 11.6 Å². The van der Waals surface area contributed by atoms with Gasteiger partial charge in [-0.15, -0.1) is 0 Å². The molecule has 0 spiro atoms. The molecule has 2 N–H and O–H groups in total. The van der Waals surface area contributed by atoms with Gasteiger partial charge in [0.15, 0.2) is 0 Å². The van der Waals surface area contributed by atoms with Gasteiger partial charge in [0.1, 0.15) is 5.75 Å². The zero-order valence-corrected chi connectivity index (χ0v) is 10.5. The molecule has 1 aromatic heterocycles. The van der Waals surface area contributed by atoms with Crippen molar-refractivity contribution in [2.24, 2.45) is 5.73 Å². The molecule has 94 valence electrons. The quantitative estimate of drug-likeness (QED) is 0.887. The number of nitrogens with two attached hydrogens (primary N) is 1. The van der Waals surface area contributed by atoms with E-state index in [1.165, 1.54) is 0 Å². The van der Waals surface area contributed by atoms with Crippen molar-refractivity contribution in [3.8, 4) is 5.75 Å². The summed E-state index contributed by atoms with van der Waals surface area (Å²) in [5.74, 6) is 1.42. The van der Waals surface area contributed by atoms with Gasteiger partial charge in [0.25, 0.3) is 0 Å². The summed E-state index contributed by atoms with van der Waals surface area (Å²) in [5, 5.41) is 0. The van der Waals surface area contributed by atoms with E-state index in [0.717, 1.165) is 17.1 Å². The zero-order valence-electron chi connectivity index (χ0n) is 10.5. The molecule has 0 saturated heterocycles. The number of anilines is 2. The lowest BCUT2D eigenvalue weighted by Gasteiger charge is -2.18. The Bertz CT molecular complexity index is 482. The molecule has 2 rings (SSSR count). The van der Waals surface area contributed by atoms with Gasteiger partial charge in [0.2, 0.25) is 5.95 Å². The van der Waals surface area contributed by atoms with E-state index in [1.54, 1.807) is 13.3 Å². The molecule has 0 atom stereocenters. The summed E-state index contributed by atoms with van der Waals surface area (Å²) in [6, 6.07) is 9.54. The predicted molar refractivity (Wildman–Crippen MR) is 71.0 cm³/mol. The first kappa shape index (κ1) is 12.3. The van der Waals surface area contributed by atoms with E-state index in [-0.39, 0.29) is 0 Å². The maximum absolute atomic E-state index is 5.57. The molecule has 5 heteroatoms. The van der Waals surface area contributed by atoms with Gasteiger partial charge >= 0.3 is 0 Å². The summed E-state index contributed by atoms with van der Waals surface area (Å²) in [4.78, 5) is 10.5. The number of nitrogens with zero attached hydrogens (tertiary/aromatic N) is 3. The van der Waals surface area contributed by atoms with Gasteiger partial charge in [0, 0.05) is 31.5 Å². The first-order valence-corrected chi connectivity index (χ1v) is 5.64. The molecule has 0 aliphatic carbocycles. The van der Waals surface area contributed by atoms with Crippen LogP contribution in [-0.4, -0.2) is 24.1 Å². The van der Waals surface area contributed by atoms with Crippen LogP contribution in [0.2, 0.25) is 0 Å². The molecular formula is C13H16N4O. The zero-order chi connectivity index (χ0) is 13.0. The molecule has 0 saturated carbocycles. The third-order valence-electron chi connectivity index (χ3n) is 2.65. The second kappa shape index (κ2) is 5.46. The standard InChI is InChI=1S/C13H16N4O/c1-17(11-4-3-5-12(8-11)18-2)13-15-7-6-10(9-14)16-13/h3-8H,9,14H2,1-2H3. The molecule has 5 nitrogen and oxygen atoms in total. The summed E-state index contributed by atoms with van der Waals surface area (Å²) in [5.41, 5.74) is 7.35. The Balaban J connectivity index is 2.31. The second-order valence-corrected chi connectivity index (χ2v) is 3.81. The van der Waals surface area contributed by atoms with E-state index in [9.17, 15) is 0 Å². The molecule has 18 heavy (non-hydrogen) atoms. The Labute approximate surface area is 106 Å². The summed E-state index contributed by atoms with van der Waals surface area (Å²) in [6.45, 7) is 0.404. The molecule has 0 aliphatic heterocycles. The van der Waals surface area contributed by atoms with Crippen molar-refractivity contribution < 1.29 is 4.74 Å². The molecule has 1 heterocycles. The van der Waals surface area contributed by atoms with Crippen LogP contribution in [0.5, 0.6) is 5.75 Å². The fourth-order valence-electron chi connectivity index (χ4n) is 1.59. The number of rotatable bonds is 4. The third-order valence-corrected chi connectivity index (χ3v) is 2.65. The summed E-state index contributed by atoms with van der Waals surface area (Å²) >= 11 is 0. The average Bonchev–Trinajstić information content (AvgIpc) is 2.46. The highest BCUT2D eigenvalue weighted by atomic mass is 16.5. The van der Waals surface area contributed by atoms with Crippen molar-refractivity contribution in [2.45, 2.75) is 6.54 Å². The normalized spacial score (nSPS) is 10.2. The number of benzene rings is 1. The highest BCUT2D eigenvalue weighted by Gasteiger charge is 2.08. The fourth-order valence-corrected chi connectivity index (χ4v) is 1.59. The highest BCUT2D eigenvalue weighted by molar-refractivity contribution is 5.58. The Kier molecular flexibility index (Phi) is 3.74. The predicted octanol–water partition coefficient (Wildman–Crippen LogP) is 1.71. The van der Waals surface area contributed by atoms with Crippen molar-refractivity contribution in [1.29, 1.82) is 0 Å². The molecular weight excluding hydrogens is 228 g/mol. The van der Waals surface area contributed by atoms with E-state index in [1.807, 2.05) is 42.3 Å². The number of ether oxygens (including phenoxy) is 1. The van der Waals surface area contributed by atoms with Crippen molar-refractivity contribution in [3.05, 3.63) is 42.2 Å². The minimum Gasteiger partial charge on any atom is -0.497 e. The van der Waals surface area contributed by atoms with E-state index >= 15 is 0 Å². The fraction of sp³-hybridized carbons (Fsp3) is 0.231. The molecule has 1 aromatic carbocycles. The largest absolute Gasteiger partial charge is 0.497 e. The highest BCUT2D eigenvalue weighted by Crippen LogP contribution is 2.24. The SMILES string of the molecule is COc1cccc(N(C)c2nccc(CN)n2)c1. The Morgan fingerprint density at radius 2 is 2.17 bits per heavy atom. The molecule has 0 radical (unpaired) electrons. The lowest BCUT2D eigenvalue weighted by Crippen LogP contribution is -2.14. The number of aromatic nitrogens is 2. The molecule has 0 unspecified atom stereocenters. The number of hydrogen-bond acceptors (Lipinski definition) is 5. The molecule has 0 amide bonds. The van der Waals surface area contributed by atoms with Crippen LogP contribution < -0.4 is 15.4 Å². The van der Waals surface area contributed by atoms with Crippen molar-refractivity contribution in [2.75, 3.05) is 19.1 Å². The van der Waals surface area contributed by atoms with Gasteiger partial charge in [-0.3, -0.25) is 0 Å². The second-order valence-electron chi connectivity index (χ2n) is 3.81. The van der Waals surface area contributed by atoms with Gasteiger partial charge in [0.05, 0.1) is 12.8 Å². The van der Waals surface area contributed by atoms with Crippen LogP contribution >= 0.6 is 0 Å². The summed E-state index contributed by atoms with van der Waals surface area (Å²) in [6.07, 6.45) is 1.71. The van der Waals surface area contributed by atoms with E-state index in [2.05, 4.69) is 9.97 Å². The van der Waals surface area contributed by atoms with Crippen molar-refractivity contribution in [1.82, 2.24) is 9.97 Å². The lowest BCUT2D eigenvalue weighted by atomic mass is 10.3. The number of methoxy groups -OCH3 is 1. The van der Waals surface area contributed by atoms with Crippen LogP contribution in [0.25, 0.3) is 0 Å². The van der Waals surface area contributed by atoms with Crippen LogP contribution in [0, 0.1) is 0 Å². The Hall–Kier alpha value is -2.14. The van der Waals surface area contributed by atoms with Crippen LogP contribution in [0.15, 0.2) is 36.5 Å². The Morgan fingerprint density at radius 3 is 2.89 bits per heavy atom. The van der Waals surface area contributed by atoms with E-state index < -0.39 is 0 Å². The Morgan fingerprint density at radius 1 is 1.33 bits per heavy atom. The molecule has 0 aliphatic rings. The van der Waals surface area contributed by atoms with Gasteiger partial charge in [-0.2, -0.15) is 0 Å². The topological polar surface area (TPSA) is 64.3 Å². The maximum atomic E-state index is 5.57. The lowest BCUT2D eigenvalue weighted by molar-refractivity contribution is 0.415. The van der Waals surface area contributed by atoms with Crippen molar-refractivity contribution in [3.63, 3.8) is 0 Å². The first-order valence-electron chi connectivity index (χ1n) is 5.64. The summed E-state index contributed by atoms with van der Waals surface area (Å²) < 4.78 is 5.20. The van der Waals surface area contributed by atoms with Crippen LogP contribution in [-0.2, 0) is 6.54 Å². The van der Waals surface area contributed by atoms with Crippen LogP contribution in [0.3, 0.4) is 0 Å². The van der Waals surface area contributed by atoms with E-state index in [4.69, 9.17) is 10.5 Å². The van der Waals surface area contributed by atoms with Gasteiger partial charge in [-0.05, 0) is 18.2 Å². The minimum atomic E-state index is 0.404. The smallest absolute Gasteiger partial charge is 0.229 e. The molecule has 0 fully saturated rings. The number of hydrogen-bond donors (Lipinski definition) is 1. The minimum absolute atomic E-state index is 0.404. The maximum Gasteiger partial charge on any atom is 0.229 e. The van der Waals surface area contributed by atoms with Gasteiger partial charge in [-0.25, -0.2) is 9.97 Å². The first-order chi connectivity index (χ1) is 8.74. The summed E-state index contributed by atoms with van der Waals surface area (Å²) in [7, 11) is 3.55. The molecule has 2 aromatic rings. The average molecular weight is 244 g/mol. The van der Waals surface area contributed by atoms with E-state index in [0.29, 0.717) is 12.5 Å².